The highest BCUT2D eigenvalue weighted by Gasteiger charge is 1.83. The van der Waals surface area contributed by atoms with Crippen LogP contribution in [0.1, 0.15) is 0 Å². The maximum Gasteiger partial charge on any atom is 0.309 e. The molecule has 1 unspecified atom stereocenters. The molecular weight excluding hydrogens is 296 g/mol. The van der Waals surface area contributed by atoms with E-state index >= 15 is 0 Å². The predicted molar refractivity (Wildman–Crippen MR) is 43.5 cm³/mol. The van der Waals surface area contributed by atoms with Gasteiger partial charge in [0.15, 0.2) is 0 Å². The third kappa shape index (κ3) is 9.04. The molecule has 0 aromatic rings. The topological polar surface area (TPSA) is 0 Å². The van der Waals surface area contributed by atoms with Gasteiger partial charge in [0.05, 0.1) is 0 Å². The zero-order valence-electron chi connectivity index (χ0n) is 1.91. The summed E-state index contributed by atoms with van der Waals surface area (Å²) in [5.74, 6) is 0. The minimum atomic E-state index is 0.690. The Labute approximate surface area is 55.5 Å². The Hall–Kier alpha value is 1.95. The Morgan fingerprint density at radius 1 is 1.50 bits per heavy atom. The molecule has 0 aliphatic rings. The standard InChI is InChI=1S/BH2I2P/c2-1(3)4/h4H2. The number of halogens is 2. The molecule has 0 saturated carbocycles. The van der Waals surface area contributed by atoms with Gasteiger partial charge >= 0.3 is 2.15 Å². The van der Waals surface area contributed by atoms with E-state index in [-0.39, 0.29) is 0 Å². The molecule has 0 saturated heterocycles. The van der Waals surface area contributed by atoms with E-state index in [1.54, 1.807) is 0 Å². The van der Waals surface area contributed by atoms with Crippen LogP contribution < -0.4 is 0 Å². The van der Waals surface area contributed by atoms with E-state index in [4.69, 9.17) is 0 Å². The van der Waals surface area contributed by atoms with Crippen LogP contribution in [-0.2, 0) is 0 Å². The first-order valence-corrected chi connectivity index (χ1v) is 3.93. The molecule has 4 heteroatoms. The molecule has 0 aliphatic carbocycles. The van der Waals surface area contributed by atoms with Crippen molar-refractivity contribution in [2.45, 2.75) is 0 Å². The van der Waals surface area contributed by atoms with Crippen LogP contribution >= 0.6 is 53.9 Å². The van der Waals surface area contributed by atoms with Gasteiger partial charge in [-0.2, -0.15) is 0 Å². The maximum atomic E-state index is 2.63. The monoisotopic (exact) mass is 298 g/mol. The van der Waals surface area contributed by atoms with Crippen LogP contribution in [0.3, 0.4) is 0 Å². The molecule has 4 heavy (non-hydrogen) atoms. The molecule has 24 valence electrons. The van der Waals surface area contributed by atoms with Gasteiger partial charge in [-0.1, -0.05) is 0 Å². The predicted octanol–water partition coefficient (Wildman–Crippen LogP) is 1.72. The Balaban J connectivity index is 2.32. The van der Waals surface area contributed by atoms with Crippen LogP contribution in [0.5, 0.6) is 0 Å². The molecule has 0 radical (unpaired) electrons. The highest BCUT2D eigenvalue weighted by Crippen LogP contribution is 2.09. The van der Waals surface area contributed by atoms with Gasteiger partial charge in [0, 0.05) is 0 Å². The molecule has 0 spiro atoms. The van der Waals surface area contributed by atoms with Gasteiger partial charge in [0.2, 0.25) is 0 Å². The molecule has 0 bridgehead atoms. The van der Waals surface area contributed by atoms with E-state index in [1.165, 1.54) is 0 Å². The second-order valence-electron chi connectivity index (χ2n) is 0.334. The molecule has 0 aliphatic heterocycles. The van der Waals surface area contributed by atoms with Crippen LogP contribution in [0.25, 0.3) is 0 Å². The van der Waals surface area contributed by atoms with Crippen LogP contribution in [0.15, 0.2) is 0 Å². The minimum absolute atomic E-state index is 0.690. The van der Waals surface area contributed by atoms with Crippen molar-refractivity contribution in [3.63, 3.8) is 0 Å². The lowest BCUT2D eigenvalue weighted by atomic mass is 10.7. The summed E-state index contributed by atoms with van der Waals surface area (Å²) in [7, 11) is 2.63. The molecule has 0 nitrogen and oxygen atoms in total. The lowest BCUT2D eigenvalue weighted by molar-refractivity contribution is 5.01. The first-order valence-electron chi connectivity index (χ1n) is 0.770. The normalized spacial score (nSPS) is 6.75. The summed E-state index contributed by atoms with van der Waals surface area (Å²) >= 11 is 4.59. The fourth-order valence-electron chi connectivity index (χ4n) is 0. The van der Waals surface area contributed by atoms with Gasteiger partial charge in [0.25, 0.3) is 0 Å². The molecule has 0 aromatic carbocycles. The Bertz CT molecular complexity index is 10.8. The lowest BCUT2D eigenvalue weighted by Gasteiger charge is -1.66. The van der Waals surface area contributed by atoms with Crippen LogP contribution in [-0.4, -0.2) is 2.15 Å². The van der Waals surface area contributed by atoms with Crippen molar-refractivity contribution >= 4 is 56.0 Å². The zero-order valence-corrected chi connectivity index (χ0v) is 7.38. The van der Waals surface area contributed by atoms with Gasteiger partial charge in [-0.15, -0.1) is 53.9 Å². The summed E-state index contributed by atoms with van der Waals surface area (Å²) in [6.45, 7) is 0. The molecule has 0 fully saturated rings. The largest absolute Gasteiger partial charge is 0.309 e. The average molecular weight is 298 g/mol. The summed E-state index contributed by atoms with van der Waals surface area (Å²) in [5, 5.41) is 0. The van der Waals surface area contributed by atoms with E-state index < -0.39 is 0 Å². The fraction of sp³-hybridized carbons (Fsp3) is 0. The summed E-state index contributed by atoms with van der Waals surface area (Å²) < 4.78 is 0.690. The van der Waals surface area contributed by atoms with Crippen LogP contribution in [0.4, 0.5) is 0 Å². The second kappa shape index (κ2) is 3.16. The van der Waals surface area contributed by atoms with Crippen molar-refractivity contribution in [2.24, 2.45) is 0 Å². The Kier molecular flexibility index (Phi) is 4.70. The van der Waals surface area contributed by atoms with Gasteiger partial charge in [-0.05, 0) is 0 Å². The SMILES string of the molecule is PB(I)I. The Morgan fingerprint density at radius 3 is 1.50 bits per heavy atom. The van der Waals surface area contributed by atoms with Gasteiger partial charge in [-0.3, -0.25) is 0 Å². The average Bonchev–Trinajstić information content (AvgIpc) is 0.811. The fourth-order valence-corrected chi connectivity index (χ4v) is 0. The third-order valence-electron chi connectivity index (χ3n) is 0. The molecule has 0 aromatic heterocycles. The van der Waals surface area contributed by atoms with E-state index in [2.05, 4.69) is 53.9 Å². The lowest BCUT2D eigenvalue weighted by Crippen LogP contribution is -1.59. The van der Waals surface area contributed by atoms with Gasteiger partial charge < -0.3 is 0 Å². The molecule has 0 N–H and O–H groups in total. The van der Waals surface area contributed by atoms with Crippen molar-refractivity contribution in [1.82, 2.24) is 0 Å². The quantitative estimate of drug-likeness (QED) is 0.363. The van der Waals surface area contributed by atoms with Crippen LogP contribution in [0, 0.1) is 0 Å². The van der Waals surface area contributed by atoms with Crippen LogP contribution in [0.2, 0.25) is 0 Å². The zero-order chi connectivity index (χ0) is 3.58. The van der Waals surface area contributed by atoms with E-state index in [0.29, 0.717) is 2.15 Å². The first kappa shape index (κ1) is 5.95. The van der Waals surface area contributed by atoms with Crippen molar-refractivity contribution in [1.29, 1.82) is 0 Å². The highest BCUT2D eigenvalue weighted by molar-refractivity contribution is 14.3. The molecule has 0 rings (SSSR count). The number of hydrogen-bond donors (Lipinski definition) is 0. The summed E-state index contributed by atoms with van der Waals surface area (Å²) in [4.78, 5) is 0. The Morgan fingerprint density at radius 2 is 1.50 bits per heavy atom. The van der Waals surface area contributed by atoms with E-state index in [9.17, 15) is 0 Å². The van der Waals surface area contributed by atoms with Gasteiger partial charge in [-0.25, -0.2) is 0 Å². The van der Waals surface area contributed by atoms with Crippen molar-refractivity contribution in [3.8, 4) is 0 Å². The number of rotatable bonds is 0. The van der Waals surface area contributed by atoms with E-state index in [1.807, 2.05) is 0 Å². The van der Waals surface area contributed by atoms with Crippen molar-refractivity contribution in [2.75, 3.05) is 0 Å². The molecular formula is H2BI2P. The van der Waals surface area contributed by atoms with Gasteiger partial charge in [0.1, 0.15) is 0 Å². The first-order chi connectivity index (χ1) is 1.73. The summed E-state index contributed by atoms with van der Waals surface area (Å²) in [6, 6.07) is 0. The number of hydrogen-bond acceptors (Lipinski definition) is 0. The summed E-state index contributed by atoms with van der Waals surface area (Å²) in [5.41, 5.74) is 0. The smallest absolute Gasteiger partial charge is 0.148 e. The second-order valence-corrected chi connectivity index (χ2v) is 8.78. The molecule has 0 heterocycles. The third-order valence-corrected chi connectivity index (χ3v) is 0. The molecule has 1 atom stereocenters. The molecule has 0 amide bonds. The van der Waals surface area contributed by atoms with E-state index in [0.717, 1.165) is 0 Å². The maximum absolute atomic E-state index is 2.63. The van der Waals surface area contributed by atoms with Crippen molar-refractivity contribution < 1.29 is 0 Å². The van der Waals surface area contributed by atoms with Crippen molar-refractivity contribution in [3.05, 3.63) is 0 Å². The highest BCUT2D eigenvalue weighted by atomic mass is 127. The summed E-state index contributed by atoms with van der Waals surface area (Å²) in [6.07, 6.45) is 0. The minimum Gasteiger partial charge on any atom is -0.148 e.